The third-order valence-corrected chi connectivity index (χ3v) is 6.01. The molecule has 4 unspecified atom stereocenters. The Labute approximate surface area is 249 Å². The molecule has 2 aromatic rings. The fraction of sp³-hybridized carbons (Fsp3) is 0.407. The molecule has 0 saturated carbocycles. The van der Waals surface area contributed by atoms with Gasteiger partial charge >= 0.3 is 49.4 Å². The number of benzene rings is 2. The summed E-state index contributed by atoms with van der Waals surface area (Å²) in [6, 6.07) is 19.2. The van der Waals surface area contributed by atoms with Crippen LogP contribution in [0.1, 0.15) is 36.0 Å². The molecule has 2 aromatic carbocycles. The number of nitrogens with zero attached hydrogens (tertiary/aromatic N) is 1. The molecule has 37 heavy (non-hydrogen) atoms. The van der Waals surface area contributed by atoms with Gasteiger partial charge in [0.2, 0.25) is 0 Å². The van der Waals surface area contributed by atoms with Crippen LogP contribution in [0.2, 0.25) is 0 Å². The maximum atomic E-state index is 10.4. The average Bonchev–Trinajstić information content (AvgIpc) is 3.59. The monoisotopic (exact) mass is 772 g/mol. The molecule has 4 N–H and O–H groups in total. The van der Waals surface area contributed by atoms with Crippen molar-refractivity contribution in [2.24, 2.45) is 11.5 Å². The molecular formula is C27H37I2N3O4V. The fourth-order valence-electron chi connectivity index (χ4n) is 3.82. The Balaban J connectivity index is 0.000000266. The summed E-state index contributed by atoms with van der Waals surface area (Å²) in [6.45, 7) is 5.02. The molecule has 203 valence electrons. The third kappa shape index (κ3) is 11.5. The Morgan fingerprint density at radius 2 is 1.19 bits per heavy atom. The van der Waals surface area contributed by atoms with Crippen molar-refractivity contribution in [2.75, 3.05) is 33.5 Å². The number of aryl methyl sites for hydroxylation is 1. The van der Waals surface area contributed by atoms with Gasteiger partial charge in [-0.05, 0) is 18.1 Å². The van der Waals surface area contributed by atoms with E-state index in [0.29, 0.717) is 34.5 Å². The van der Waals surface area contributed by atoms with Crippen LogP contribution >= 0.6 is 40.0 Å². The van der Waals surface area contributed by atoms with E-state index in [1.54, 1.807) is 0 Å². The SMILES string of the molecule is C.CN1C(=O)C=CC1=O.Cc1ccc(C2COCC2N)cc1.NC1COCC1c1ccccc1.[I][V][I]. The number of likely N-dealkylation sites (N-methyl/N-ethyl adjacent to an activating group) is 1. The van der Waals surface area contributed by atoms with Crippen molar-refractivity contribution in [1.29, 1.82) is 0 Å². The van der Waals surface area contributed by atoms with E-state index < -0.39 is 0 Å². The molecule has 2 fully saturated rings. The topological polar surface area (TPSA) is 108 Å². The third-order valence-electron chi connectivity index (χ3n) is 6.01. The quantitative estimate of drug-likeness (QED) is 0.344. The van der Waals surface area contributed by atoms with Gasteiger partial charge in [-0.1, -0.05) is 67.6 Å². The van der Waals surface area contributed by atoms with E-state index in [1.807, 2.05) is 18.2 Å². The maximum absolute atomic E-state index is 10.4. The Bertz CT molecular complexity index is 961. The first-order chi connectivity index (χ1) is 17.3. The van der Waals surface area contributed by atoms with Crippen molar-refractivity contribution in [2.45, 2.75) is 38.3 Å². The van der Waals surface area contributed by atoms with E-state index >= 15 is 0 Å². The molecule has 3 aliphatic rings. The summed E-state index contributed by atoms with van der Waals surface area (Å²) in [7, 11) is 2.08. The van der Waals surface area contributed by atoms with Crippen molar-refractivity contribution < 1.29 is 28.5 Å². The summed E-state index contributed by atoms with van der Waals surface area (Å²) >= 11 is 4.74. The molecule has 4 atom stereocenters. The Morgan fingerprint density at radius 3 is 1.51 bits per heavy atom. The summed E-state index contributed by atoms with van der Waals surface area (Å²) in [6.07, 6.45) is 2.50. The molecule has 0 radical (unpaired) electrons. The molecule has 0 spiro atoms. The summed E-state index contributed by atoms with van der Waals surface area (Å²) in [5.41, 5.74) is 15.7. The van der Waals surface area contributed by atoms with Crippen molar-refractivity contribution in [3.63, 3.8) is 0 Å². The van der Waals surface area contributed by atoms with Gasteiger partial charge < -0.3 is 20.9 Å². The van der Waals surface area contributed by atoms with E-state index in [4.69, 9.17) is 20.9 Å². The summed E-state index contributed by atoms with van der Waals surface area (Å²) in [5, 5.41) is 0. The molecular weight excluding hydrogens is 735 g/mol. The van der Waals surface area contributed by atoms with E-state index in [1.165, 1.54) is 35.9 Å². The summed E-state index contributed by atoms with van der Waals surface area (Å²) in [4.78, 5) is 21.9. The van der Waals surface area contributed by atoms with Gasteiger partial charge in [0.1, 0.15) is 0 Å². The van der Waals surface area contributed by atoms with Gasteiger partial charge in [0, 0.05) is 43.1 Å². The first-order valence-corrected chi connectivity index (χ1v) is 20.5. The molecule has 2 saturated heterocycles. The number of rotatable bonds is 2. The van der Waals surface area contributed by atoms with Crippen molar-refractivity contribution >= 4 is 51.8 Å². The number of amides is 2. The van der Waals surface area contributed by atoms with E-state index in [-0.39, 0.29) is 31.3 Å². The number of carbonyl (C=O) groups excluding carboxylic acids is 2. The van der Waals surface area contributed by atoms with Gasteiger partial charge in [0.15, 0.2) is 0 Å². The number of hydrogen-bond acceptors (Lipinski definition) is 6. The van der Waals surface area contributed by atoms with Crippen molar-refractivity contribution in [1.82, 2.24) is 4.90 Å². The van der Waals surface area contributed by atoms with Crippen LogP contribution < -0.4 is 11.5 Å². The minimum atomic E-state index is -0.241. The number of hydrogen-bond donors (Lipinski definition) is 2. The van der Waals surface area contributed by atoms with E-state index in [0.717, 1.165) is 18.1 Å². The zero-order valence-electron chi connectivity index (χ0n) is 20.4. The van der Waals surface area contributed by atoms with E-state index in [9.17, 15) is 9.59 Å². The average molecular weight is 772 g/mol. The van der Waals surface area contributed by atoms with Crippen LogP contribution in [0, 0.1) is 6.92 Å². The van der Waals surface area contributed by atoms with Gasteiger partial charge in [0.05, 0.1) is 26.4 Å². The van der Waals surface area contributed by atoms with Crippen LogP contribution in [-0.2, 0) is 28.5 Å². The van der Waals surface area contributed by atoms with Gasteiger partial charge in [-0.15, -0.1) is 0 Å². The number of nitrogens with two attached hydrogens (primary N) is 2. The molecule has 0 aliphatic carbocycles. The molecule has 2 amide bonds. The number of ether oxygens (including phenoxy) is 2. The molecule has 7 nitrogen and oxygen atoms in total. The second-order valence-electron chi connectivity index (χ2n) is 8.57. The normalized spacial score (nSPS) is 23.6. The summed E-state index contributed by atoms with van der Waals surface area (Å²) < 4.78 is 10.6. The standard InChI is InChI=1S/C11H15NO.C10H13NO.C5H5NO2.CH4.2HI.V/c1-8-2-4-9(5-3-8)10-6-13-7-11(10)12;11-10-7-12-6-9(10)8-4-2-1-3-5-8;1-6-4(7)2-3-5(6)8;;;;/h2-5,10-11H,6-7,12H2,1H3;1-5,9-10H,6-7,11H2;2-3H,1H3;1H4;2*1H;/q;;;;;;+2/p-2. The van der Waals surface area contributed by atoms with Crippen LogP contribution in [-0.4, -0.2) is 62.3 Å². The second-order valence-corrected chi connectivity index (χ2v) is 20.4. The summed E-state index contributed by atoms with van der Waals surface area (Å²) in [5.74, 6) is 0.303. The number of imide groups is 1. The predicted octanol–water partition coefficient (Wildman–Crippen LogP) is 4.51. The van der Waals surface area contributed by atoms with Crippen LogP contribution in [0.3, 0.4) is 0 Å². The molecule has 0 aromatic heterocycles. The van der Waals surface area contributed by atoms with Crippen LogP contribution in [0.4, 0.5) is 0 Å². The van der Waals surface area contributed by atoms with Crippen molar-refractivity contribution in [3.05, 3.63) is 83.4 Å². The Hall–Kier alpha value is -0.796. The fourth-order valence-corrected chi connectivity index (χ4v) is 3.82. The zero-order chi connectivity index (χ0) is 26.5. The van der Waals surface area contributed by atoms with Crippen LogP contribution in [0.5, 0.6) is 0 Å². The first kappa shape index (κ1) is 34.2. The van der Waals surface area contributed by atoms with Crippen molar-refractivity contribution in [3.8, 4) is 0 Å². The minimum absolute atomic E-state index is 0. The van der Waals surface area contributed by atoms with Crippen LogP contribution in [0.25, 0.3) is 0 Å². The zero-order valence-corrected chi connectivity index (χ0v) is 26.1. The number of carbonyl (C=O) groups is 2. The second kappa shape index (κ2) is 18.5. The predicted molar refractivity (Wildman–Crippen MR) is 162 cm³/mol. The van der Waals surface area contributed by atoms with Gasteiger partial charge in [-0.3, -0.25) is 14.5 Å². The van der Waals surface area contributed by atoms with E-state index in [2.05, 4.69) is 83.3 Å². The van der Waals surface area contributed by atoms with Gasteiger partial charge in [-0.25, -0.2) is 0 Å². The number of halogens is 2. The molecule has 0 bridgehead atoms. The van der Waals surface area contributed by atoms with Crippen LogP contribution in [0.15, 0.2) is 66.7 Å². The molecule has 3 aliphatic heterocycles. The molecule has 5 rings (SSSR count). The molecule has 10 heteroatoms. The van der Waals surface area contributed by atoms with Gasteiger partial charge in [0.25, 0.3) is 11.8 Å². The Kier molecular flexibility index (Phi) is 17.1. The first-order valence-electron chi connectivity index (χ1n) is 11.5. The van der Waals surface area contributed by atoms with Gasteiger partial charge in [-0.2, -0.15) is 0 Å². The molecule has 3 heterocycles. The Morgan fingerprint density at radius 1 is 0.784 bits per heavy atom.